The summed E-state index contributed by atoms with van der Waals surface area (Å²) in [7, 11) is 0. The number of hydrogen-bond acceptors (Lipinski definition) is 10. The van der Waals surface area contributed by atoms with Crippen LogP contribution in [0.1, 0.15) is 49.8 Å². The molecule has 2 aliphatic rings. The molecule has 2 fully saturated rings. The van der Waals surface area contributed by atoms with E-state index < -0.39 is 60.2 Å². The lowest BCUT2D eigenvalue weighted by Crippen LogP contribution is -2.53. The Hall–Kier alpha value is -5.49. The van der Waals surface area contributed by atoms with Crippen LogP contribution in [0.25, 0.3) is 0 Å². The van der Waals surface area contributed by atoms with E-state index in [2.05, 4.69) is 16.0 Å². The molecule has 2 atom stereocenters. The second-order valence-corrected chi connectivity index (χ2v) is 15.1. The van der Waals surface area contributed by atoms with Gasteiger partial charge in [0, 0.05) is 79.6 Å². The van der Waals surface area contributed by atoms with Crippen LogP contribution in [-0.2, 0) is 31.8 Å². The minimum absolute atomic E-state index is 0.0122. The van der Waals surface area contributed by atoms with Crippen molar-refractivity contribution >= 4 is 75.3 Å². The lowest BCUT2D eigenvalue weighted by atomic mass is 10.1. The summed E-state index contributed by atoms with van der Waals surface area (Å²) in [6.45, 7) is 3.63. The molecular weight excluding hydrogens is 866 g/mol. The number of rotatable bonds is 15. The van der Waals surface area contributed by atoms with Gasteiger partial charge in [0.25, 0.3) is 0 Å². The van der Waals surface area contributed by atoms with Gasteiger partial charge in [-0.15, -0.1) is 0 Å². The fourth-order valence-electron chi connectivity index (χ4n) is 6.93. The van der Waals surface area contributed by atoms with Gasteiger partial charge in [-0.25, -0.2) is 13.2 Å². The third kappa shape index (κ3) is 12.3. The molecule has 4 amide bonds. The molecule has 0 saturated carbocycles. The summed E-state index contributed by atoms with van der Waals surface area (Å²) in [6, 6.07) is 12.6. The van der Waals surface area contributed by atoms with E-state index in [4.69, 9.17) is 28.6 Å². The zero-order chi connectivity index (χ0) is 45.3. The largest absolute Gasteiger partial charge is 0.492 e. The van der Waals surface area contributed by atoms with E-state index in [1.165, 1.54) is 53.1 Å². The van der Waals surface area contributed by atoms with Crippen LogP contribution in [0.2, 0.25) is 5.02 Å². The minimum Gasteiger partial charge on any atom is -0.492 e. The van der Waals surface area contributed by atoms with E-state index in [1.54, 1.807) is 24.0 Å². The number of nitrogens with zero attached hydrogens (tertiary/aromatic N) is 5. The van der Waals surface area contributed by atoms with Crippen molar-refractivity contribution in [2.45, 2.75) is 64.5 Å². The van der Waals surface area contributed by atoms with Gasteiger partial charge in [0.2, 0.25) is 30.1 Å². The van der Waals surface area contributed by atoms with Gasteiger partial charge in [-0.05, 0) is 80.2 Å². The van der Waals surface area contributed by atoms with Crippen molar-refractivity contribution in [3.05, 3.63) is 76.3 Å². The number of carbonyl (C=O) groups excluding carboxylic acids is 4. The molecule has 3 aromatic rings. The van der Waals surface area contributed by atoms with Gasteiger partial charge in [0.05, 0.1) is 29.4 Å². The number of hydrogen-bond donors (Lipinski definition) is 3. The standard InChI is InChI=1S/C41H43ClF6N8O5S/c1-3-38(59)56(30-6-5-24(21-49)31(20-30)41(46,47)48)40(62)55(4-2)29-7-9-33(25(15-29)16-34(43)44)61-14-13-53-11-12-54(35(45)22-53)23-37(58)51-28-18-26(42)17-27(19-28)50-32-8-10-36(57)52-39(32)60/h5-7,9,15,17-20,32,34-35,50H,3-4,8,10-14,16,22-23H2,1-2H3,(H,51,58)(H,52,57,60)/t32?,35-/m0/s1. The SMILES string of the molecule is CCC(=O)N(C(=S)N(CC)c1ccc(OCCN2CCN(CC(=O)Nc3cc(Cl)cc(NC4CCC(=O)NC4=O)c3)[C@H](F)C2)c(CC(F)F)c1)c1ccc(C#N)c(C(F)(F)F)c1. The number of benzene rings is 3. The Morgan fingerprint density at radius 3 is 2.44 bits per heavy atom. The Morgan fingerprint density at radius 2 is 1.79 bits per heavy atom. The molecule has 0 bridgehead atoms. The third-order valence-corrected chi connectivity index (χ3v) is 10.6. The molecule has 13 nitrogen and oxygen atoms in total. The Bertz CT molecular complexity index is 2210. The maximum absolute atomic E-state index is 15.4. The molecule has 0 aliphatic carbocycles. The number of nitriles is 1. The van der Waals surface area contributed by atoms with Gasteiger partial charge in [0.1, 0.15) is 18.4 Å². The van der Waals surface area contributed by atoms with Crippen molar-refractivity contribution < 1.29 is 50.3 Å². The number of ether oxygens (including phenoxy) is 1. The van der Waals surface area contributed by atoms with E-state index in [1.807, 2.05) is 0 Å². The van der Waals surface area contributed by atoms with Crippen LogP contribution in [0, 0.1) is 11.3 Å². The van der Waals surface area contributed by atoms with Crippen molar-refractivity contribution in [2.75, 3.05) is 66.3 Å². The molecule has 0 radical (unpaired) electrons. The maximum atomic E-state index is 15.4. The Labute approximate surface area is 363 Å². The first-order valence-corrected chi connectivity index (χ1v) is 20.3. The smallest absolute Gasteiger partial charge is 0.417 e. The zero-order valence-corrected chi connectivity index (χ0v) is 35.1. The lowest BCUT2D eigenvalue weighted by Gasteiger charge is -2.37. The number of anilines is 4. The molecule has 332 valence electrons. The first kappa shape index (κ1) is 47.6. The minimum atomic E-state index is -4.90. The van der Waals surface area contributed by atoms with Gasteiger partial charge < -0.3 is 20.3 Å². The quantitative estimate of drug-likeness (QED) is 0.0645. The van der Waals surface area contributed by atoms with Crippen molar-refractivity contribution in [3.63, 3.8) is 0 Å². The number of thiocarbonyl (C=S) groups is 1. The highest BCUT2D eigenvalue weighted by Crippen LogP contribution is 2.36. The van der Waals surface area contributed by atoms with Crippen molar-refractivity contribution in [3.8, 4) is 11.8 Å². The molecule has 62 heavy (non-hydrogen) atoms. The highest BCUT2D eigenvalue weighted by molar-refractivity contribution is 7.81. The number of amides is 4. The second-order valence-electron chi connectivity index (χ2n) is 14.3. The topological polar surface area (TPSA) is 150 Å². The summed E-state index contributed by atoms with van der Waals surface area (Å²) in [4.78, 5) is 55.2. The van der Waals surface area contributed by atoms with Crippen LogP contribution >= 0.6 is 23.8 Å². The maximum Gasteiger partial charge on any atom is 0.417 e. The number of piperazine rings is 1. The predicted octanol–water partition coefficient (Wildman–Crippen LogP) is 6.74. The Morgan fingerprint density at radius 1 is 1.06 bits per heavy atom. The average Bonchev–Trinajstić information content (AvgIpc) is 3.20. The Balaban J connectivity index is 1.19. The number of imide groups is 1. The molecule has 5 rings (SSSR count). The predicted molar refractivity (Wildman–Crippen MR) is 224 cm³/mol. The number of nitrogens with one attached hydrogen (secondary N) is 3. The molecule has 3 N–H and O–H groups in total. The summed E-state index contributed by atoms with van der Waals surface area (Å²) in [5, 5.41) is 17.2. The van der Waals surface area contributed by atoms with Crippen LogP contribution in [0.5, 0.6) is 5.75 Å². The number of carbonyl (C=O) groups is 4. The van der Waals surface area contributed by atoms with Gasteiger partial charge in [-0.1, -0.05) is 18.5 Å². The van der Waals surface area contributed by atoms with Gasteiger partial charge in [-0.3, -0.25) is 39.2 Å². The molecular formula is C41H43ClF6N8O5S. The van der Waals surface area contributed by atoms with Crippen LogP contribution in [0.15, 0.2) is 54.6 Å². The fraction of sp³-hybridized carbons (Fsp3) is 0.415. The summed E-state index contributed by atoms with van der Waals surface area (Å²) in [6.07, 6.45) is -9.64. The molecule has 0 spiro atoms. The highest BCUT2D eigenvalue weighted by Gasteiger charge is 2.36. The summed E-state index contributed by atoms with van der Waals surface area (Å²) in [5.41, 5.74) is -1.02. The molecule has 3 aromatic carbocycles. The molecule has 21 heteroatoms. The first-order chi connectivity index (χ1) is 29.4. The van der Waals surface area contributed by atoms with E-state index in [-0.39, 0.29) is 97.3 Å². The van der Waals surface area contributed by atoms with Crippen LogP contribution < -0.4 is 30.5 Å². The third-order valence-electron chi connectivity index (χ3n) is 9.99. The monoisotopic (exact) mass is 908 g/mol. The Kier molecular flexibility index (Phi) is 16.1. The highest BCUT2D eigenvalue weighted by atomic mass is 35.5. The van der Waals surface area contributed by atoms with Crippen LogP contribution in [0.3, 0.4) is 0 Å². The van der Waals surface area contributed by atoms with E-state index in [0.717, 1.165) is 11.0 Å². The molecule has 1 unspecified atom stereocenters. The van der Waals surface area contributed by atoms with Gasteiger partial charge >= 0.3 is 6.18 Å². The van der Waals surface area contributed by atoms with Crippen molar-refractivity contribution in [2.24, 2.45) is 0 Å². The summed E-state index contributed by atoms with van der Waals surface area (Å²) in [5.74, 6) is -1.88. The first-order valence-electron chi connectivity index (χ1n) is 19.5. The van der Waals surface area contributed by atoms with Crippen LogP contribution in [0.4, 0.5) is 49.1 Å². The number of alkyl halides is 6. The summed E-state index contributed by atoms with van der Waals surface area (Å²) >= 11 is 11.9. The van der Waals surface area contributed by atoms with Crippen LogP contribution in [-0.4, -0.2) is 103 Å². The van der Waals surface area contributed by atoms with Crippen molar-refractivity contribution in [1.82, 2.24) is 15.1 Å². The fourth-order valence-corrected chi connectivity index (χ4v) is 7.61. The normalized spacial score (nSPS) is 17.2. The lowest BCUT2D eigenvalue weighted by molar-refractivity contribution is -0.138. The molecule has 2 saturated heterocycles. The van der Waals surface area contributed by atoms with E-state index in [9.17, 15) is 46.4 Å². The van der Waals surface area contributed by atoms with Gasteiger partial charge in [-0.2, -0.15) is 18.4 Å². The number of piperidine rings is 1. The molecule has 2 aliphatic heterocycles. The number of halogens is 7. The summed E-state index contributed by atoms with van der Waals surface area (Å²) < 4.78 is 90.4. The zero-order valence-electron chi connectivity index (χ0n) is 33.5. The van der Waals surface area contributed by atoms with Crippen molar-refractivity contribution in [1.29, 1.82) is 5.26 Å². The second kappa shape index (κ2) is 21.1. The average molecular weight is 909 g/mol. The van der Waals surface area contributed by atoms with E-state index >= 15 is 4.39 Å². The molecule has 0 aromatic heterocycles. The van der Waals surface area contributed by atoms with E-state index in [0.29, 0.717) is 24.0 Å². The molecule has 2 heterocycles. The van der Waals surface area contributed by atoms with Gasteiger partial charge in [0.15, 0.2) is 11.4 Å².